The van der Waals surface area contributed by atoms with Crippen LogP contribution in [0.4, 0.5) is 0 Å². The molecule has 2 unspecified atom stereocenters. The van der Waals surface area contributed by atoms with Gasteiger partial charge in [-0.25, -0.2) is 9.99 Å². The van der Waals surface area contributed by atoms with E-state index in [2.05, 4.69) is 46.9 Å². The van der Waals surface area contributed by atoms with E-state index in [1.54, 1.807) is 14.2 Å². The lowest BCUT2D eigenvalue weighted by Crippen LogP contribution is -2.50. The number of benzene rings is 1. The summed E-state index contributed by atoms with van der Waals surface area (Å²) >= 11 is 1.91. The molecule has 0 amide bonds. The number of nitrogens with zero attached hydrogens (tertiary/aromatic N) is 3. The van der Waals surface area contributed by atoms with Gasteiger partial charge in [-0.3, -0.25) is 5.43 Å². The number of imidazole rings is 1. The summed E-state index contributed by atoms with van der Waals surface area (Å²) in [5, 5.41) is 4.10. The first kappa shape index (κ1) is 33.2. The number of aryl methyl sites for hydroxylation is 1. The smallest absolute Gasteiger partial charge is 0.167 e. The zero-order valence-electron chi connectivity index (χ0n) is 20.9. The van der Waals surface area contributed by atoms with Gasteiger partial charge >= 0.3 is 0 Å². The minimum Gasteiger partial charge on any atom is -0.493 e. The highest BCUT2D eigenvalue weighted by molar-refractivity contribution is 7.99. The Kier molecular flexibility index (Phi) is 16.4. The molecule has 3 rings (SSSR count). The molecule has 1 aromatic heterocycles. The number of ether oxygens (including phenoxy) is 2. The molecule has 2 atom stereocenters. The number of methoxy groups -OCH3 is 2. The van der Waals surface area contributed by atoms with Crippen LogP contribution in [0.1, 0.15) is 50.7 Å². The predicted molar refractivity (Wildman–Crippen MR) is 150 cm³/mol. The molecular formula is C24H41Cl3N4O2S. The molecule has 0 saturated heterocycles. The summed E-state index contributed by atoms with van der Waals surface area (Å²) in [6.07, 6.45) is 10.7. The number of aromatic nitrogens is 2. The highest BCUT2D eigenvalue weighted by Crippen LogP contribution is 2.38. The van der Waals surface area contributed by atoms with Crippen molar-refractivity contribution in [2.45, 2.75) is 68.8 Å². The van der Waals surface area contributed by atoms with Crippen LogP contribution in [0.25, 0.3) is 0 Å². The summed E-state index contributed by atoms with van der Waals surface area (Å²) in [6, 6.07) is 4.72. The van der Waals surface area contributed by atoms with Gasteiger partial charge in [-0.15, -0.1) is 37.2 Å². The highest BCUT2D eigenvalue weighted by atomic mass is 35.5. The van der Waals surface area contributed by atoms with Gasteiger partial charge in [0.15, 0.2) is 16.7 Å². The molecule has 34 heavy (non-hydrogen) atoms. The first-order valence-electron chi connectivity index (χ1n) is 11.5. The molecule has 1 N–H and O–H groups in total. The number of unbranched alkanes of at least 4 members (excludes halogenated alkanes) is 1. The van der Waals surface area contributed by atoms with Crippen molar-refractivity contribution >= 4 is 49.0 Å². The van der Waals surface area contributed by atoms with Crippen molar-refractivity contribution in [3.05, 3.63) is 35.7 Å². The molecule has 1 aromatic carbocycles. The van der Waals surface area contributed by atoms with Gasteiger partial charge in [-0.05, 0) is 37.3 Å². The molecule has 6 nitrogen and oxygen atoms in total. The third-order valence-electron chi connectivity index (χ3n) is 6.06. The van der Waals surface area contributed by atoms with Gasteiger partial charge in [0, 0.05) is 49.4 Å². The van der Waals surface area contributed by atoms with Crippen LogP contribution in [0.5, 0.6) is 11.5 Å². The predicted octanol–water partition coefficient (Wildman–Crippen LogP) is 5.74. The monoisotopic (exact) mass is 554 g/mol. The van der Waals surface area contributed by atoms with Crippen molar-refractivity contribution in [1.29, 1.82) is 0 Å². The number of rotatable bonds is 12. The summed E-state index contributed by atoms with van der Waals surface area (Å²) in [7, 11) is 5.52. The maximum absolute atomic E-state index is 5.69. The van der Waals surface area contributed by atoms with Crippen LogP contribution >= 0.6 is 49.0 Å². The Labute approximate surface area is 228 Å². The molecule has 1 aliphatic carbocycles. The number of hydrogen-bond acceptors (Lipinski definition) is 6. The van der Waals surface area contributed by atoms with Crippen LogP contribution in [-0.2, 0) is 19.9 Å². The molecule has 1 aliphatic rings. The molecular weight excluding hydrogens is 515 g/mol. The largest absolute Gasteiger partial charge is 0.493 e. The second kappa shape index (κ2) is 16.8. The van der Waals surface area contributed by atoms with Crippen LogP contribution in [0.15, 0.2) is 29.7 Å². The number of hydrazine groups is 1. The number of thioether (sulfide) groups is 1. The van der Waals surface area contributed by atoms with Crippen LogP contribution < -0.4 is 14.9 Å². The van der Waals surface area contributed by atoms with Gasteiger partial charge in [0.05, 0.1) is 14.2 Å². The van der Waals surface area contributed by atoms with E-state index in [0.717, 1.165) is 49.0 Å². The fraction of sp³-hybridized carbons (Fsp3) is 0.625. The SMILES string of the molecule is CCCCC(CN(NCC)C1CCc2c(ccc(OC)c2OC)C1)Sc1nccn1C.Cl.Cl.Cl. The van der Waals surface area contributed by atoms with Gasteiger partial charge in [0.2, 0.25) is 0 Å². The van der Waals surface area contributed by atoms with E-state index in [-0.39, 0.29) is 37.2 Å². The van der Waals surface area contributed by atoms with E-state index >= 15 is 0 Å². The number of nitrogens with one attached hydrogen (secondary N) is 1. The summed E-state index contributed by atoms with van der Waals surface area (Å²) < 4.78 is 13.3. The summed E-state index contributed by atoms with van der Waals surface area (Å²) in [6.45, 7) is 6.40. The van der Waals surface area contributed by atoms with Crippen LogP contribution in [0.2, 0.25) is 0 Å². The van der Waals surface area contributed by atoms with Gasteiger partial charge in [0.1, 0.15) is 0 Å². The number of halogens is 3. The average Bonchev–Trinajstić information content (AvgIpc) is 3.19. The molecule has 0 fully saturated rings. The van der Waals surface area contributed by atoms with E-state index in [0.29, 0.717) is 11.3 Å². The average molecular weight is 556 g/mol. The number of fused-ring (bicyclic) bond motifs is 1. The Morgan fingerprint density at radius 2 is 1.97 bits per heavy atom. The normalized spacial score (nSPS) is 15.4. The van der Waals surface area contributed by atoms with Gasteiger partial charge in [-0.1, -0.05) is 44.5 Å². The number of hydrogen-bond donors (Lipinski definition) is 1. The van der Waals surface area contributed by atoms with Gasteiger partial charge in [0.25, 0.3) is 0 Å². The fourth-order valence-electron chi connectivity index (χ4n) is 4.43. The topological polar surface area (TPSA) is 51.6 Å². The van der Waals surface area contributed by atoms with Crippen LogP contribution in [-0.4, -0.2) is 53.2 Å². The van der Waals surface area contributed by atoms with E-state index in [1.165, 1.54) is 30.4 Å². The summed E-state index contributed by atoms with van der Waals surface area (Å²) in [4.78, 5) is 4.56. The lowest BCUT2D eigenvalue weighted by molar-refractivity contribution is 0.114. The first-order valence-corrected chi connectivity index (χ1v) is 12.4. The van der Waals surface area contributed by atoms with Crippen LogP contribution in [0.3, 0.4) is 0 Å². The Balaban J connectivity index is 0.00000363. The molecule has 0 spiro atoms. The lowest BCUT2D eigenvalue weighted by atomic mass is 9.87. The van der Waals surface area contributed by atoms with E-state index < -0.39 is 0 Å². The van der Waals surface area contributed by atoms with E-state index in [9.17, 15) is 0 Å². The second-order valence-corrected chi connectivity index (χ2v) is 9.47. The van der Waals surface area contributed by atoms with Crippen molar-refractivity contribution in [3.63, 3.8) is 0 Å². The summed E-state index contributed by atoms with van der Waals surface area (Å²) in [5.74, 6) is 1.73. The van der Waals surface area contributed by atoms with E-state index in [1.807, 2.05) is 30.2 Å². The molecule has 0 bridgehead atoms. The standard InChI is InChI=1S/C24H38N4O2S.3ClH/c1-6-8-9-20(31-24-25-14-15-27(24)3)17-28(26-7-2)19-11-12-21-18(16-19)10-13-22(29-4)23(21)30-5;;;/h10,13-15,19-20,26H,6-9,11-12,16-17H2,1-5H3;3*1H. The molecule has 1 heterocycles. The highest BCUT2D eigenvalue weighted by Gasteiger charge is 2.29. The van der Waals surface area contributed by atoms with E-state index in [4.69, 9.17) is 9.47 Å². The minimum absolute atomic E-state index is 0. The minimum atomic E-state index is 0. The third-order valence-corrected chi connectivity index (χ3v) is 7.38. The molecule has 0 aliphatic heterocycles. The molecule has 10 heteroatoms. The quantitative estimate of drug-likeness (QED) is 0.266. The van der Waals surface area contributed by atoms with Gasteiger partial charge in [-0.2, -0.15) is 0 Å². The third kappa shape index (κ3) is 8.38. The Bertz CT molecular complexity index is 841. The summed E-state index contributed by atoms with van der Waals surface area (Å²) in [5.41, 5.74) is 6.35. The zero-order chi connectivity index (χ0) is 22.2. The Morgan fingerprint density at radius 1 is 1.21 bits per heavy atom. The Morgan fingerprint density at radius 3 is 2.56 bits per heavy atom. The lowest BCUT2D eigenvalue weighted by Gasteiger charge is -2.37. The zero-order valence-corrected chi connectivity index (χ0v) is 24.2. The van der Waals surface area contributed by atoms with Crippen molar-refractivity contribution in [2.24, 2.45) is 7.05 Å². The first-order chi connectivity index (χ1) is 15.1. The molecule has 0 saturated carbocycles. The second-order valence-electron chi connectivity index (χ2n) is 8.20. The molecule has 196 valence electrons. The maximum Gasteiger partial charge on any atom is 0.167 e. The van der Waals surface area contributed by atoms with Crippen molar-refractivity contribution < 1.29 is 9.47 Å². The van der Waals surface area contributed by atoms with Gasteiger partial charge < -0.3 is 14.0 Å². The molecule has 2 aromatic rings. The van der Waals surface area contributed by atoms with Crippen molar-refractivity contribution in [3.8, 4) is 11.5 Å². The van der Waals surface area contributed by atoms with Crippen molar-refractivity contribution in [2.75, 3.05) is 27.3 Å². The fourth-order valence-corrected chi connectivity index (χ4v) is 5.60. The Hall–Kier alpha value is -0.830. The van der Waals surface area contributed by atoms with Crippen LogP contribution in [0, 0.1) is 0 Å². The van der Waals surface area contributed by atoms with Crippen molar-refractivity contribution in [1.82, 2.24) is 20.0 Å². The molecule has 0 radical (unpaired) electrons. The maximum atomic E-state index is 5.69.